The van der Waals surface area contributed by atoms with Gasteiger partial charge in [0.15, 0.2) is 0 Å². The van der Waals surface area contributed by atoms with Gasteiger partial charge >= 0.3 is 158 Å². The zero-order chi connectivity index (χ0) is 18.5. The van der Waals surface area contributed by atoms with Gasteiger partial charge in [0.2, 0.25) is 0 Å². The Morgan fingerprint density at radius 1 is 0.960 bits per heavy atom. The monoisotopic (exact) mass is 451 g/mol. The molecule has 1 rings (SSSR count). The van der Waals surface area contributed by atoms with Crippen molar-refractivity contribution >= 4 is 30.2 Å². The molecule has 0 saturated carbocycles. The van der Waals surface area contributed by atoms with Crippen LogP contribution >= 0.6 is 0 Å². The molecule has 1 amide bonds. The molecule has 0 bridgehead atoms. The number of nitrogens with one attached hydrogen (secondary N) is 1. The molecule has 0 spiro atoms. The summed E-state index contributed by atoms with van der Waals surface area (Å²) in [6, 6.07) is 7.43. The molecule has 4 heteroatoms. The molecule has 3 nitrogen and oxygen atoms in total. The first-order chi connectivity index (χ1) is 12.0. The number of hydrogen-bond acceptors (Lipinski definition) is 1. The fourth-order valence-electron chi connectivity index (χ4n) is 3.07. The number of benzene rings is 1. The van der Waals surface area contributed by atoms with E-state index in [9.17, 15) is 4.79 Å². The van der Waals surface area contributed by atoms with E-state index >= 15 is 0 Å². The Bertz CT molecular complexity index is 550. The van der Waals surface area contributed by atoms with Crippen molar-refractivity contribution in [3.05, 3.63) is 29.8 Å². The van der Waals surface area contributed by atoms with E-state index in [4.69, 9.17) is 5.11 Å². The summed E-state index contributed by atoms with van der Waals surface area (Å²) in [5.74, 6) is 3.46. The molecule has 0 aromatic heterocycles. The average Bonchev–Trinajstić information content (AvgIpc) is 2.61. The van der Waals surface area contributed by atoms with Crippen molar-refractivity contribution in [3.63, 3.8) is 0 Å². The topological polar surface area (TPSA) is 49.3 Å². The number of anilines is 1. The van der Waals surface area contributed by atoms with E-state index in [1.165, 1.54) is 51.8 Å². The van der Waals surface area contributed by atoms with Crippen molar-refractivity contribution in [2.45, 2.75) is 72.6 Å². The molecule has 1 aromatic rings. The van der Waals surface area contributed by atoms with Gasteiger partial charge in [0.05, 0.1) is 0 Å². The normalized spacial score (nSPS) is 10.8. The number of hydrogen-bond donors (Lipinski definition) is 2. The Balaban J connectivity index is 2.97. The number of unbranched alkanes of at least 4 members (excludes halogenated alkanes) is 3. The molecule has 0 aliphatic rings. The molecule has 0 aliphatic carbocycles. The second-order valence-corrected chi connectivity index (χ2v) is 19.2. The van der Waals surface area contributed by atoms with Crippen LogP contribution < -0.4 is 5.32 Å². The summed E-state index contributed by atoms with van der Waals surface area (Å²) in [5.41, 5.74) is 1.59. The van der Waals surface area contributed by atoms with Crippen LogP contribution in [-0.2, 0) is 0 Å². The van der Waals surface area contributed by atoms with Crippen LogP contribution in [0, 0.1) is 9.86 Å². The quantitative estimate of drug-likeness (QED) is 0.315. The molecule has 0 atom stereocenters. The number of carbonyl (C=O) groups is 1. The summed E-state index contributed by atoms with van der Waals surface area (Å²) in [7, 11) is 0. The van der Waals surface area contributed by atoms with Crippen molar-refractivity contribution < 1.29 is 9.90 Å². The maximum absolute atomic E-state index is 10.7. The average molecular weight is 450 g/mol. The molecule has 2 N–H and O–H groups in total. The zero-order valence-electron chi connectivity index (χ0n) is 16.0. The van der Waals surface area contributed by atoms with Crippen molar-refractivity contribution in [1.82, 2.24) is 0 Å². The van der Waals surface area contributed by atoms with Gasteiger partial charge in [0.25, 0.3) is 0 Å². The second kappa shape index (κ2) is 12.2. The Hall–Kier alpha value is -1.15. The van der Waals surface area contributed by atoms with Crippen molar-refractivity contribution in [1.29, 1.82) is 0 Å². The summed E-state index contributed by atoms with van der Waals surface area (Å²) in [4.78, 5) is 10.7. The third-order valence-corrected chi connectivity index (χ3v) is 17.7. The van der Waals surface area contributed by atoms with E-state index in [0.29, 0.717) is 5.69 Å². The van der Waals surface area contributed by atoms with Crippen LogP contribution in [0.3, 0.4) is 0 Å². The minimum atomic E-state index is -2.41. The first kappa shape index (κ1) is 21.9. The molecule has 0 fully saturated rings. The van der Waals surface area contributed by atoms with Gasteiger partial charge in [-0.2, -0.15) is 0 Å². The zero-order valence-corrected chi connectivity index (χ0v) is 18.9. The summed E-state index contributed by atoms with van der Waals surface area (Å²) >= 11 is -2.41. The van der Waals surface area contributed by atoms with Gasteiger partial charge in [-0.15, -0.1) is 0 Å². The van der Waals surface area contributed by atoms with Gasteiger partial charge in [-0.25, -0.2) is 0 Å². The van der Waals surface area contributed by atoms with Crippen LogP contribution in [0.4, 0.5) is 10.5 Å². The molecule has 0 saturated heterocycles. The van der Waals surface area contributed by atoms with Crippen LogP contribution in [-0.4, -0.2) is 29.6 Å². The van der Waals surface area contributed by atoms with E-state index < -0.39 is 24.5 Å². The van der Waals surface area contributed by atoms with E-state index in [-0.39, 0.29) is 0 Å². The maximum atomic E-state index is 10.7. The van der Waals surface area contributed by atoms with Gasteiger partial charge in [-0.05, 0) is 0 Å². The van der Waals surface area contributed by atoms with E-state index in [2.05, 4.69) is 35.9 Å². The molecular formula is C21H33NO2Sn. The minimum absolute atomic E-state index is 0.593. The third-order valence-electron chi connectivity index (χ3n) is 4.63. The van der Waals surface area contributed by atoms with E-state index in [1.54, 1.807) is 12.1 Å². The first-order valence-electron chi connectivity index (χ1n) is 9.68. The summed E-state index contributed by atoms with van der Waals surface area (Å²) < 4.78 is 7.99. The number of carboxylic acid groups (broad SMARTS) is 1. The fraction of sp³-hybridized carbons (Fsp3) is 0.571. The van der Waals surface area contributed by atoms with Crippen molar-refractivity contribution in [2.75, 3.05) is 5.32 Å². The Labute approximate surface area is 157 Å². The SMILES string of the molecule is CCC[CH2][Sn]([C]#Cc1ccc(NC(=O)O)cc1)([CH2]CCC)[CH2]CCC. The predicted octanol–water partition coefficient (Wildman–Crippen LogP) is 6.52. The molecule has 0 radical (unpaired) electrons. The number of amides is 1. The first-order valence-corrected chi connectivity index (χ1v) is 17.2. The van der Waals surface area contributed by atoms with Gasteiger partial charge in [-0.3, -0.25) is 0 Å². The van der Waals surface area contributed by atoms with Crippen molar-refractivity contribution in [2.24, 2.45) is 0 Å². The van der Waals surface area contributed by atoms with Crippen LogP contribution in [0.5, 0.6) is 0 Å². The molecule has 0 unspecified atom stereocenters. The van der Waals surface area contributed by atoms with Crippen LogP contribution in [0.25, 0.3) is 0 Å². The Kier molecular flexibility index (Phi) is 10.7. The van der Waals surface area contributed by atoms with Gasteiger partial charge in [-0.1, -0.05) is 0 Å². The molecule has 25 heavy (non-hydrogen) atoms. The van der Waals surface area contributed by atoms with Crippen LogP contribution in [0.2, 0.25) is 13.3 Å². The van der Waals surface area contributed by atoms with Crippen molar-refractivity contribution in [3.8, 4) is 9.86 Å². The Morgan fingerprint density at radius 2 is 1.44 bits per heavy atom. The predicted molar refractivity (Wildman–Crippen MR) is 110 cm³/mol. The van der Waals surface area contributed by atoms with Gasteiger partial charge < -0.3 is 0 Å². The molecular weight excluding hydrogens is 417 g/mol. The van der Waals surface area contributed by atoms with E-state index in [1.807, 2.05) is 12.1 Å². The van der Waals surface area contributed by atoms with Gasteiger partial charge in [0, 0.05) is 0 Å². The van der Waals surface area contributed by atoms with Gasteiger partial charge in [0.1, 0.15) is 0 Å². The molecule has 138 valence electrons. The Morgan fingerprint density at radius 3 is 1.84 bits per heavy atom. The second-order valence-electron chi connectivity index (χ2n) is 6.85. The third kappa shape index (κ3) is 8.67. The van der Waals surface area contributed by atoms with E-state index in [0.717, 1.165) is 5.56 Å². The summed E-state index contributed by atoms with van der Waals surface area (Å²) in [5, 5.41) is 11.1. The standard InChI is InChI=1S/C9H6NO2.3C4H9.Sn/c1-2-7-3-5-8(6-4-7)10-9(11)12;3*1-3-4-2;/h3-6,10H,(H,11,12);3*1,3-4H2,2H3;. The molecule has 1 aromatic carbocycles. The summed E-state index contributed by atoms with van der Waals surface area (Å²) in [6.45, 7) is 6.83. The van der Waals surface area contributed by atoms with Crippen LogP contribution in [0.1, 0.15) is 64.9 Å². The molecule has 0 aliphatic heterocycles. The summed E-state index contributed by atoms with van der Waals surface area (Å²) in [6.07, 6.45) is 6.70. The fourth-order valence-corrected chi connectivity index (χ4v) is 16.3. The number of rotatable bonds is 10. The van der Waals surface area contributed by atoms with Crippen LogP contribution in [0.15, 0.2) is 24.3 Å². The molecule has 0 heterocycles.